The molecule has 5 heteroatoms. The molecule has 21 heavy (non-hydrogen) atoms. The van der Waals surface area contributed by atoms with Gasteiger partial charge in [0, 0.05) is 6.07 Å². The van der Waals surface area contributed by atoms with E-state index in [0.29, 0.717) is 22.1 Å². The molecule has 1 aliphatic rings. The minimum atomic E-state index is -0.0107. The van der Waals surface area contributed by atoms with Crippen molar-refractivity contribution in [1.82, 2.24) is 0 Å². The van der Waals surface area contributed by atoms with E-state index in [1.165, 1.54) is 18.9 Å². The first-order chi connectivity index (χ1) is 10.2. The lowest BCUT2D eigenvalue weighted by Gasteiger charge is -2.17. The molecule has 0 aliphatic heterocycles. The van der Waals surface area contributed by atoms with Crippen LogP contribution in [0.15, 0.2) is 17.7 Å². The standard InChI is InChI=1S/C16H15ClN2O2/c1-20-15-7-12(6-11(9-18)10-19)14(17)8-16(15)21-13-4-2-3-5-13/h6-8,13H,2-5H2,1H3. The van der Waals surface area contributed by atoms with Gasteiger partial charge in [-0.15, -0.1) is 0 Å². The zero-order chi connectivity index (χ0) is 15.2. The summed E-state index contributed by atoms with van der Waals surface area (Å²) >= 11 is 6.20. The minimum Gasteiger partial charge on any atom is -0.493 e. The van der Waals surface area contributed by atoms with Gasteiger partial charge in [-0.2, -0.15) is 10.5 Å². The van der Waals surface area contributed by atoms with E-state index in [-0.39, 0.29) is 11.7 Å². The number of allylic oxidation sites excluding steroid dienone is 1. The molecule has 0 amide bonds. The van der Waals surface area contributed by atoms with Crippen LogP contribution in [0.25, 0.3) is 6.08 Å². The maximum absolute atomic E-state index is 8.81. The summed E-state index contributed by atoms with van der Waals surface area (Å²) in [5.74, 6) is 1.15. The van der Waals surface area contributed by atoms with Crippen LogP contribution >= 0.6 is 11.6 Å². The van der Waals surface area contributed by atoms with Crippen molar-refractivity contribution in [3.8, 4) is 23.6 Å². The molecule has 0 bridgehead atoms. The van der Waals surface area contributed by atoms with Gasteiger partial charge in [-0.05, 0) is 43.4 Å². The first-order valence-corrected chi connectivity index (χ1v) is 7.11. The van der Waals surface area contributed by atoms with E-state index in [4.69, 9.17) is 31.6 Å². The van der Waals surface area contributed by atoms with Crippen molar-refractivity contribution >= 4 is 17.7 Å². The Morgan fingerprint density at radius 3 is 2.48 bits per heavy atom. The molecule has 1 fully saturated rings. The molecule has 0 N–H and O–H groups in total. The molecular formula is C16H15ClN2O2. The first kappa shape index (κ1) is 15.2. The van der Waals surface area contributed by atoms with Crippen LogP contribution in [0.3, 0.4) is 0 Å². The molecule has 0 saturated heterocycles. The average Bonchev–Trinajstić information content (AvgIpc) is 2.99. The summed E-state index contributed by atoms with van der Waals surface area (Å²) in [4.78, 5) is 0. The lowest BCUT2D eigenvalue weighted by molar-refractivity contribution is 0.201. The number of halogens is 1. The Hall–Kier alpha value is -2.17. The Morgan fingerprint density at radius 2 is 1.90 bits per heavy atom. The van der Waals surface area contributed by atoms with Crippen molar-refractivity contribution in [1.29, 1.82) is 10.5 Å². The van der Waals surface area contributed by atoms with Crippen molar-refractivity contribution in [2.45, 2.75) is 31.8 Å². The molecule has 4 nitrogen and oxygen atoms in total. The molecule has 1 saturated carbocycles. The third-order valence-electron chi connectivity index (χ3n) is 3.42. The first-order valence-electron chi connectivity index (χ1n) is 6.74. The zero-order valence-corrected chi connectivity index (χ0v) is 12.5. The highest BCUT2D eigenvalue weighted by atomic mass is 35.5. The largest absolute Gasteiger partial charge is 0.493 e. The molecule has 2 rings (SSSR count). The second kappa shape index (κ2) is 7.02. The SMILES string of the molecule is COc1cc(C=C(C#N)C#N)c(Cl)cc1OC1CCCC1. The van der Waals surface area contributed by atoms with Gasteiger partial charge in [0.15, 0.2) is 11.5 Å². The van der Waals surface area contributed by atoms with Crippen LogP contribution in [-0.4, -0.2) is 13.2 Å². The highest BCUT2D eigenvalue weighted by Gasteiger charge is 2.19. The molecule has 1 aliphatic carbocycles. The van der Waals surface area contributed by atoms with Crippen LogP contribution in [0.5, 0.6) is 11.5 Å². The van der Waals surface area contributed by atoms with E-state index in [2.05, 4.69) is 0 Å². The molecule has 0 atom stereocenters. The fraction of sp³-hybridized carbons (Fsp3) is 0.375. The van der Waals surface area contributed by atoms with Crippen LogP contribution < -0.4 is 9.47 Å². The van der Waals surface area contributed by atoms with Crippen molar-refractivity contribution in [2.75, 3.05) is 7.11 Å². The number of nitriles is 2. The van der Waals surface area contributed by atoms with E-state index in [1.807, 2.05) is 12.1 Å². The summed E-state index contributed by atoms with van der Waals surface area (Å²) in [7, 11) is 1.55. The van der Waals surface area contributed by atoms with Gasteiger partial charge in [-0.3, -0.25) is 0 Å². The predicted octanol–water partition coefficient (Wildman–Crippen LogP) is 4.10. The Kier molecular flexibility index (Phi) is 5.09. The Morgan fingerprint density at radius 1 is 1.24 bits per heavy atom. The fourth-order valence-electron chi connectivity index (χ4n) is 2.34. The fourth-order valence-corrected chi connectivity index (χ4v) is 2.55. The Balaban J connectivity index is 2.33. The Bertz CT molecular complexity index is 619. The van der Waals surface area contributed by atoms with Crippen LogP contribution in [0.4, 0.5) is 0 Å². The van der Waals surface area contributed by atoms with Crippen LogP contribution in [0.1, 0.15) is 31.2 Å². The maximum atomic E-state index is 8.81. The van der Waals surface area contributed by atoms with Gasteiger partial charge < -0.3 is 9.47 Å². The third kappa shape index (κ3) is 3.68. The van der Waals surface area contributed by atoms with Crippen molar-refractivity contribution in [2.24, 2.45) is 0 Å². The van der Waals surface area contributed by atoms with E-state index < -0.39 is 0 Å². The second-order valence-electron chi connectivity index (χ2n) is 4.83. The van der Waals surface area contributed by atoms with Crippen LogP contribution in [-0.2, 0) is 0 Å². The van der Waals surface area contributed by atoms with Crippen molar-refractivity contribution < 1.29 is 9.47 Å². The summed E-state index contributed by atoms with van der Waals surface area (Å²) in [6, 6.07) is 6.97. The molecule has 0 spiro atoms. The van der Waals surface area contributed by atoms with E-state index in [9.17, 15) is 0 Å². The van der Waals surface area contributed by atoms with Crippen LogP contribution in [0, 0.1) is 22.7 Å². The molecule has 1 aromatic rings. The topological polar surface area (TPSA) is 66.0 Å². The third-order valence-corrected chi connectivity index (χ3v) is 3.75. The van der Waals surface area contributed by atoms with Gasteiger partial charge >= 0.3 is 0 Å². The van der Waals surface area contributed by atoms with Gasteiger partial charge in [0.05, 0.1) is 18.2 Å². The number of methoxy groups -OCH3 is 1. The van der Waals surface area contributed by atoms with Gasteiger partial charge in [-0.25, -0.2) is 0 Å². The second-order valence-corrected chi connectivity index (χ2v) is 5.24. The van der Waals surface area contributed by atoms with E-state index in [1.54, 1.807) is 19.2 Å². The van der Waals surface area contributed by atoms with E-state index in [0.717, 1.165) is 12.8 Å². The summed E-state index contributed by atoms with van der Waals surface area (Å²) in [5.41, 5.74) is 0.550. The van der Waals surface area contributed by atoms with Crippen molar-refractivity contribution in [3.63, 3.8) is 0 Å². The maximum Gasteiger partial charge on any atom is 0.163 e. The average molecular weight is 303 g/mol. The quantitative estimate of drug-likeness (QED) is 0.785. The molecule has 0 heterocycles. The number of benzene rings is 1. The van der Waals surface area contributed by atoms with Crippen LogP contribution in [0.2, 0.25) is 5.02 Å². The lowest BCUT2D eigenvalue weighted by Crippen LogP contribution is -2.11. The van der Waals surface area contributed by atoms with Gasteiger partial charge in [0.2, 0.25) is 0 Å². The van der Waals surface area contributed by atoms with Gasteiger partial charge in [0.1, 0.15) is 17.7 Å². The highest BCUT2D eigenvalue weighted by molar-refractivity contribution is 6.32. The summed E-state index contributed by atoms with van der Waals surface area (Å²) < 4.78 is 11.3. The number of nitrogens with zero attached hydrogens (tertiary/aromatic N) is 2. The predicted molar refractivity (Wildman–Crippen MR) is 80.1 cm³/mol. The molecule has 1 aromatic carbocycles. The smallest absolute Gasteiger partial charge is 0.163 e. The highest BCUT2D eigenvalue weighted by Crippen LogP contribution is 2.36. The monoisotopic (exact) mass is 302 g/mol. The lowest BCUT2D eigenvalue weighted by atomic mass is 10.1. The summed E-state index contributed by atoms with van der Waals surface area (Å²) in [6.45, 7) is 0. The molecule has 0 aromatic heterocycles. The summed E-state index contributed by atoms with van der Waals surface area (Å²) in [5, 5.41) is 18.0. The van der Waals surface area contributed by atoms with Crippen molar-refractivity contribution in [3.05, 3.63) is 28.3 Å². The normalized spacial score (nSPS) is 14.1. The molecular weight excluding hydrogens is 288 g/mol. The van der Waals surface area contributed by atoms with E-state index >= 15 is 0 Å². The van der Waals surface area contributed by atoms with Gasteiger partial charge in [-0.1, -0.05) is 11.6 Å². The minimum absolute atomic E-state index is 0.0107. The molecule has 0 unspecified atom stereocenters. The molecule has 108 valence electrons. The Labute approximate surface area is 129 Å². The zero-order valence-electron chi connectivity index (χ0n) is 11.7. The number of hydrogen-bond donors (Lipinski definition) is 0. The molecule has 0 radical (unpaired) electrons. The summed E-state index contributed by atoms with van der Waals surface area (Å²) in [6.07, 6.45) is 6.06. The van der Waals surface area contributed by atoms with Gasteiger partial charge in [0.25, 0.3) is 0 Å². The number of rotatable bonds is 4. The number of hydrogen-bond acceptors (Lipinski definition) is 4. The number of ether oxygens (including phenoxy) is 2.